The second kappa shape index (κ2) is 7.49. The van der Waals surface area contributed by atoms with Gasteiger partial charge in [0.05, 0.1) is 34.0 Å². The highest BCUT2D eigenvalue weighted by Gasteiger charge is 2.21. The fourth-order valence-electron chi connectivity index (χ4n) is 2.52. The van der Waals surface area contributed by atoms with Crippen LogP contribution in [-0.4, -0.2) is 58.6 Å². The van der Waals surface area contributed by atoms with Gasteiger partial charge in [0.25, 0.3) is 0 Å². The molecule has 0 amide bonds. The van der Waals surface area contributed by atoms with E-state index in [1.807, 2.05) is 12.1 Å². The van der Waals surface area contributed by atoms with Crippen LogP contribution in [0.3, 0.4) is 0 Å². The van der Waals surface area contributed by atoms with E-state index in [9.17, 15) is 0 Å². The molecule has 0 aromatic heterocycles. The maximum absolute atomic E-state index is 5.69. The van der Waals surface area contributed by atoms with Gasteiger partial charge in [-0.2, -0.15) is 0 Å². The highest BCUT2D eigenvalue weighted by molar-refractivity contribution is 5.50. The molecule has 2 N–H and O–H groups in total. The first-order valence-corrected chi connectivity index (χ1v) is 7.04. The molecule has 1 aliphatic rings. The lowest BCUT2D eigenvalue weighted by molar-refractivity contribution is -0.0262. The van der Waals surface area contributed by atoms with Crippen LogP contribution < -0.4 is 19.9 Å². The van der Waals surface area contributed by atoms with Crippen LogP contribution in [-0.2, 0) is 11.3 Å². The predicted molar refractivity (Wildman–Crippen MR) is 80.2 cm³/mol. The molecule has 0 saturated carbocycles. The van der Waals surface area contributed by atoms with Gasteiger partial charge in [0.1, 0.15) is 5.75 Å². The molecular formula is C15H24N2O4. The number of methoxy groups -OCH3 is 3. The summed E-state index contributed by atoms with van der Waals surface area (Å²) in [6.07, 6.45) is 0.102. The lowest BCUT2D eigenvalue weighted by Gasteiger charge is -2.32. The van der Waals surface area contributed by atoms with Crippen molar-refractivity contribution < 1.29 is 18.9 Å². The van der Waals surface area contributed by atoms with Crippen molar-refractivity contribution in [3.63, 3.8) is 0 Å². The molecule has 0 radical (unpaired) electrons. The fourth-order valence-corrected chi connectivity index (χ4v) is 2.52. The van der Waals surface area contributed by atoms with E-state index in [-0.39, 0.29) is 6.10 Å². The van der Waals surface area contributed by atoms with E-state index in [1.54, 1.807) is 21.3 Å². The monoisotopic (exact) mass is 296 g/mol. The highest BCUT2D eigenvalue weighted by atomic mass is 16.5. The van der Waals surface area contributed by atoms with E-state index >= 15 is 0 Å². The van der Waals surface area contributed by atoms with Crippen LogP contribution in [0, 0.1) is 0 Å². The Morgan fingerprint density at radius 3 is 2.43 bits per heavy atom. The molecule has 1 atom stereocenters. The van der Waals surface area contributed by atoms with Crippen LogP contribution in [0.2, 0.25) is 0 Å². The van der Waals surface area contributed by atoms with Crippen molar-refractivity contribution in [1.82, 2.24) is 4.90 Å². The van der Waals surface area contributed by atoms with Gasteiger partial charge in [0.15, 0.2) is 11.5 Å². The minimum Gasteiger partial charge on any atom is -0.496 e. The van der Waals surface area contributed by atoms with Gasteiger partial charge in [0.2, 0.25) is 0 Å². The van der Waals surface area contributed by atoms with E-state index in [2.05, 4.69) is 4.90 Å². The molecule has 1 aromatic carbocycles. The summed E-state index contributed by atoms with van der Waals surface area (Å²) >= 11 is 0. The Morgan fingerprint density at radius 1 is 1.14 bits per heavy atom. The predicted octanol–water partition coefficient (Wildman–Crippen LogP) is 0.872. The number of hydrogen-bond acceptors (Lipinski definition) is 6. The summed E-state index contributed by atoms with van der Waals surface area (Å²) in [5.41, 5.74) is 6.75. The molecule has 0 spiro atoms. The Morgan fingerprint density at radius 2 is 1.81 bits per heavy atom. The second-order valence-corrected chi connectivity index (χ2v) is 4.98. The smallest absolute Gasteiger partial charge is 0.164 e. The number of ether oxygens (including phenoxy) is 4. The number of nitrogens with zero attached hydrogens (tertiary/aromatic N) is 1. The number of morpholine rings is 1. The van der Waals surface area contributed by atoms with Crippen LogP contribution >= 0.6 is 0 Å². The molecule has 6 heteroatoms. The zero-order chi connectivity index (χ0) is 15.2. The Balaban J connectivity index is 2.18. The summed E-state index contributed by atoms with van der Waals surface area (Å²) in [7, 11) is 4.91. The van der Waals surface area contributed by atoms with Crippen molar-refractivity contribution in [2.24, 2.45) is 5.73 Å². The average molecular weight is 296 g/mol. The quantitative estimate of drug-likeness (QED) is 0.840. The maximum atomic E-state index is 5.69. The van der Waals surface area contributed by atoms with E-state index in [4.69, 9.17) is 24.7 Å². The molecule has 1 saturated heterocycles. The molecule has 1 aromatic rings. The molecule has 0 aliphatic carbocycles. The Kier molecular flexibility index (Phi) is 5.67. The van der Waals surface area contributed by atoms with Crippen molar-refractivity contribution in [3.05, 3.63) is 17.7 Å². The fraction of sp³-hybridized carbons (Fsp3) is 0.600. The molecule has 118 valence electrons. The first-order chi connectivity index (χ1) is 10.2. The summed E-state index contributed by atoms with van der Waals surface area (Å²) in [4.78, 5) is 2.31. The maximum Gasteiger partial charge on any atom is 0.164 e. The van der Waals surface area contributed by atoms with Gasteiger partial charge >= 0.3 is 0 Å². The number of hydrogen-bond donors (Lipinski definition) is 1. The van der Waals surface area contributed by atoms with E-state index in [0.717, 1.165) is 30.9 Å². The summed E-state index contributed by atoms with van der Waals surface area (Å²) in [6.45, 7) is 3.72. The molecule has 1 fully saturated rings. The number of benzene rings is 1. The van der Waals surface area contributed by atoms with E-state index in [1.165, 1.54) is 0 Å². The molecular weight excluding hydrogens is 272 g/mol. The Bertz CT molecular complexity index is 467. The van der Waals surface area contributed by atoms with Crippen LogP contribution in [0.1, 0.15) is 5.56 Å². The number of rotatable bonds is 6. The van der Waals surface area contributed by atoms with Gasteiger partial charge in [0, 0.05) is 37.8 Å². The Labute approximate surface area is 125 Å². The second-order valence-electron chi connectivity index (χ2n) is 4.98. The highest BCUT2D eigenvalue weighted by Crippen LogP contribution is 2.35. The van der Waals surface area contributed by atoms with Crippen molar-refractivity contribution in [3.8, 4) is 17.2 Å². The van der Waals surface area contributed by atoms with Gasteiger partial charge in [-0.05, 0) is 6.07 Å². The van der Waals surface area contributed by atoms with Gasteiger partial charge in [-0.1, -0.05) is 0 Å². The normalized spacial score (nSPS) is 19.3. The zero-order valence-electron chi connectivity index (χ0n) is 12.9. The summed E-state index contributed by atoms with van der Waals surface area (Å²) in [6, 6.07) is 3.82. The molecule has 2 rings (SSSR count). The first kappa shape index (κ1) is 15.9. The van der Waals surface area contributed by atoms with Gasteiger partial charge in [-0.3, -0.25) is 4.90 Å². The van der Waals surface area contributed by atoms with Crippen LogP contribution in [0.5, 0.6) is 17.2 Å². The minimum absolute atomic E-state index is 0.102. The van der Waals surface area contributed by atoms with Crippen molar-refractivity contribution in [2.45, 2.75) is 12.6 Å². The molecule has 1 unspecified atom stereocenters. The standard InChI is InChI=1S/C15H24N2O4/c1-18-13-7-15(20-3)14(19-2)6-11(13)9-17-4-5-21-12(8-16)10-17/h6-7,12H,4-5,8-10,16H2,1-3H3. The van der Waals surface area contributed by atoms with Crippen LogP contribution in [0.25, 0.3) is 0 Å². The van der Waals surface area contributed by atoms with Gasteiger partial charge in [-0.15, -0.1) is 0 Å². The topological polar surface area (TPSA) is 66.2 Å². The third-order valence-electron chi connectivity index (χ3n) is 3.67. The van der Waals surface area contributed by atoms with E-state index in [0.29, 0.717) is 24.7 Å². The largest absolute Gasteiger partial charge is 0.496 e. The van der Waals surface area contributed by atoms with Crippen molar-refractivity contribution in [2.75, 3.05) is 47.6 Å². The van der Waals surface area contributed by atoms with Crippen molar-refractivity contribution >= 4 is 0 Å². The average Bonchev–Trinajstić information content (AvgIpc) is 2.54. The van der Waals surface area contributed by atoms with E-state index < -0.39 is 0 Å². The van der Waals surface area contributed by atoms with Crippen LogP contribution in [0.4, 0.5) is 0 Å². The third kappa shape index (κ3) is 3.78. The number of nitrogens with two attached hydrogens (primary N) is 1. The SMILES string of the molecule is COc1cc(OC)c(OC)cc1CN1CCOC(CN)C1. The molecule has 0 bridgehead atoms. The summed E-state index contributed by atoms with van der Waals surface area (Å²) in [5, 5.41) is 0. The van der Waals surface area contributed by atoms with Crippen molar-refractivity contribution in [1.29, 1.82) is 0 Å². The Hall–Kier alpha value is -1.50. The lowest BCUT2D eigenvalue weighted by atomic mass is 10.1. The summed E-state index contributed by atoms with van der Waals surface area (Å²) in [5.74, 6) is 2.17. The van der Waals surface area contributed by atoms with Gasteiger partial charge in [-0.25, -0.2) is 0 Å². The minimum atomic E-state index is 0.102. The molecule has 1 heterocycles. The summed E-state index contributed by atoms with van der Waals surface area (Å²) < 4.78 is 21.7. The van der Waals surface area contributed by atoms with Gasteiger partial charge < -0.3 is 24.7 Å². The van der Waals surface area contributed by atoms with Crippen LogP contribution in [0.15, 0.2) is 12.1 Å². The molecule has 1 aliphatic heterocycles. The molecule has 21 heavy (non-hydrogen) atoms. The zero-order valence-corrected chi connectivity index (χ0v) is 12.9. The molecule has 6 nitrogen and oxygen atoms in total. The third-order valence-corrected chi connectivity index (χ3v) is 3.67. The lowest BCUT2D eigenvalue weighted by Crippen LogP contribution is -2.45. The first-order valence-electron chi connectivity index (χ1n) is 7.04.